The van der Waals surface area contributed by atoms with Crippen LogP contribution in [-0.2, 0) is 21.4 Å². The lowest BCUT2D eigenvalue weighted by atomic mass is 10.4. The number of carboxylic acids is 1. The van der Waals surface area contributed by atoms with Gasteiger partial charge in [0.2, 0.25) is 10.0 Å². The molecule has 0 atom stereocenters. The van der Waals surface area contributed by atoms with Crippen molar-refractivity contribution in [2.24, 2.45) is 0 Å². The predicted molar refractivity (Wildman–Crippen MR) is 60.0 cm³/mol. The molecular weight excluding hydrogens is 246 g/mol. The molecule has 0 aromatic carbocycles. The average molecular weight is 261 g/mol. The van der Waals surface area contributed by atoms with E-state index < -0.39 is 16.0 Å². The Balaban J connectivity index is 2.70. The molecule has 0 aliphatic heterocycles. The molecule has 1 aromatic rings. The van der Waals surface area contributed by atoms with E-state index >= 15 is 0 Å². The van der Waals surface area contributed by atoms with E-state index in [-0.39, 0.29) is 17.9 Å². The van der Waals surface area contributed by atoms with E-state index in [9.17, 15) is 13.2 Å². The highest BCUT2D eigenvalue weighted by Crippen LogP contribution is 2.07. The van der Waals surface area contributed by atoms with Gasteiger partial charge in [0, 0.05) is 12.7 Å². The van der Waals surface area contributed by atoms with Crippen molar-refractivity contribution in [3.05, 3.63) is 12.4 Å². The molecule has 0 bridgehead atoms. The third kappa shape index (κ3) is 4.16. The summed E-state index contributed by atoms with van der Waals surface area (Å²) in [5.74, 6) is -0.950. The van der Waals surface area contributed by atoms with Gasteiger partial charge in [0.05, 0.1) is 19.2 Å². The molecule has 0 aliphatic rings. The Kier molecular flexibility index (Phi) is 4.64. The highest BCUT2D eigenvalue weighted by atomic mass is 32.2. The number of aliphatic carboxylic acids is 1. The van der Waals surface area contributed by atoms with Gasteiger partial charge in [-0.3, -0.25) is 9.48 Å². The Labute approximate surface area is 99.5 Å². The fraction of sp³-hybridized carbons (Fsp3) is 0.556. The molecule has 0 unspecified atom stereocenters. The molecule has 1 rings (SSSR count). The first-order valence-corrected chi connectivity index (χ1v) is 6.68. The first kappa shape index (κ1) is 13.7. The zero-order chi connectivity index (χ0) is 12.9. The third-order valence-corrected chi connectivity index (χ3v) is 3.43. The van der Waals surface area contributed by atoms with Crippen LogP contribution < -0.4 is 4.72 Å². The normalized spacial score (nSPS) is 11.6. The van der Waals surface area contributed by atoms with Gasteiger partial charge in [0.25, 0.3) is 0 Å². The maximum atomic E-state index is 11.7. The Morgan fingerprint density at radius 1 is 1.59 bits per heavy atom. The Hall–Kier alpha value is -1.41. The molecule has 7 nitrogen and oxygen atoms in total. The SMILES string of the molecule is CCCNS(=O)(=O)c1cnn(CCC(=O)O)c1. The smallest absolute Gasteiger partial charge is 0.305 e. The van der Waals surface area contributed by atoms with E-state index in [1.165, 1.54) is 17.1 Å². The summed E-state index contributed by atoms with van der Waals surface area (Å²) in [5.41, 5.74) is 0. The van der Waals surface area contributed by atoms with Crippen molar-refractivity contribution < 1.29 is 18.3 Å². The van der Waals surface area contributed by atoms with E-state index in [0.717, 1.165) is 0 Å². The minimum absolute atomic E-state index is 0.0522. The van der Waals surface area contributed by atoms with Crippen LogP contribution in [0.3, 0.4) is 0 Å². The van der Waals surface area contributed by atoms with Crippen molar-refractivity contribution in [3.8, 4) is 0 Å². The van der Waals surface area contributed by atoms with Crippen molar-refractivity contribution in [1.82, 2.24) is 14.5 Å². The lowest BCUT2D eigenvalue weighted by Crippen LogP contribution is -2.24. The van der Waals surface area contributed by atoms with Crippen LogP contribution in [0.5, 0.6) is 0 Å². The summed E-state index contributed by atoms with van der Waals surface area (Å²) in [4.78, 5) is 10.4. The van der Waals surface area contributed by atoms with E-state index in [0.29, 0.717) is 13.0 Å². The summed E-state index contributed by atoms with van der Waals surface area (Å²) < 4.78 is 27.0. The standard InChI is InChI=1S/C9H15N3O4S/c1-2-4-11-17(15,16)8-6-10-12(7-8)5-3-9(13)14/h6-7,11H,2-5H2,1H3,(H,13,14). The van der Waals surface area contributed by atoms with Gasteiger partial charge in [0.1, 0.15) is 4.90 Å². The fourth-order valence-corrected chi connectivity index (χ4v) is 2.22. The van der Waals surface area contributed by atoms with E-state index in [1.54, 1.807) is 0 Å². The zero-order valence-electron chi connectivity index (χ0n) is 9.46. The summed E-state index contributed by atoms with van der Waals surface area (Å²) in [7, 11) is -3.52. The molecule has 0 radical (unpaired) electrons. The summed E-state index contributed by atoms with van der Waals surface area (Å²) in [6, 6.07) is 0. The minimum atomic E-state index is -3.52. The van der Waals surface area contributed by atoms with Gasteiger partial charge in [-0.2, -0.15) is 5.10 Å². The molecule has 0 saturated heterocycles. The number of nitrogens with one attached hydrogen (secondary N) is 1. The van der Waals surface area contributed by atoms with Gasteiger partial charge in [0.15, 0.2) is 0 Å². The fourth-order valence-electron chi connectivity index (χ4n) is 1.14. The van der Waals surface area contributed by atoms with Gasteiger partial charge in [-0.1, -0.05) is 6.92 Å². The summed E-state index contributed by atoms with van der Waals surface area (Å²) in [6.45, 7) is 2.38. The number of aryl methyl sites for hydroxylation is 1. The van der Waals surface area contributed by atoms with Crippen LogP contribution in [0.1, 0.15) is 19.8 Å². The number of carbonyl (C=O) groups is 1. The van der Waals surface area contributed by atoms with Crippen molar-refractivity contribution in [2.45, 2.75) is 31.2 Å². The molecule has 0 aliphatic carbocycles. The molecule has 8 heteroatoms. The molecule has 0 spiro atoms. The summed E-state index contributed by atoms with van der Waals surface area (Å²) >= 11 is 0. The van der Waals surface area contributed by atoms with Crippen LogP contribution in [0.15, 0.2) is 17.3 Å². The molecule has 0 amide bonds. The molecule has 17 heavy (non-hydrogen) atoms. The number of sulfonamides is 1. The van der Waals surface area contributed by atoms with Crippen LogP contribution in [0.25, 0.3) is 0 Å². The maximum absolute atomic E-state index is 11.7. The van der Waals surface area contributed by atoms with Crippen LogP contribution in [0.4, 0.5) is 0 Å². The van der Waals surface area contributed by atoms with E-state index in [2.05, 4.69) is 9.82 Å². The minimum Gasteiger partial charge on any atom is -0.481 e. The van der Waals surface area contributed by atoms with Crippen LogP contribution in [-0.4, -0.2) is 35.8 Å². The Morgan fingerprint density at radius 2 is 2.29 bits per heavy atom. The first-order chi connectivity index (χ1) is 7.95. The molecular formula is C9H15N3O4S. The Morgan fingerprint density at radius 3 is 2.88 bits per heavy atom. The topological polar surface area (TPSA) is 101 Å². The molecule has 1 heterocycles. The third-order valence-electron chi connectivity index (χ3n) is 2.02. The van der Waals surface area contributed by atoms with Crippen molar-refractivity contribution in [3.63, 3.8) is 0 Å². The van der Waals surface area contributed by atoms with Gasteiger partial charge in [-0.25, -0.2) is 13.1 Å². The number of hydrogen-bond acceptors (Lipinski definition) is 4. The quantitative estimate of drug-likeness (QED) is 0.722. The number of carboxylic acid groups (broad SMARTS) is 1. The van der Waals surface area contributed by atoms with Gasteiger partial charge >= 0.3 is 5.97 Å². The maximum Gasteiger partial charge on any atom is 0.305 e. The largest absolute Gasteiger partial charge is 0.481 e. The lowest BCUT2D eigenvalue weighted by Gasteiger charge is -2.01. The van der Waals surface area contributed by atoms with Crippen molar-refractivity contribution in [2.75, 3.05) is 6.54 Å². The molecule has 0 saturated carbocycles. The second-order valence-electron chi connectivity index (χ2n) is 3.48. The van der Waals surface area contributed by atoms with E-state index in [4.69, 9.17) is 5.11 Å². The number of hydrogen-bond donors (Lipinski definition) is 2. The summed E-state index contributed by atoms with van der Waals surface area (Å²) in [5, 5.41) is 12.3. The highest BCUT2D eigenvalue weighted by Gasteiger charge is 2.15. The van der Waals surface area contributed by atoms with Crippen LogP contribution in [0, 0.1) is 0 Å². The van der Waals surface area contributed by atoms with E-state index in [1.807, 2.05) is 6.92 Å². The molecule has 0 fully saturated rings. The molecule has 96 valence electrons. The monoisotopic (exact) mass is 261 g/mol. The second kappa shape index (κ2) is 5.78. The zero-order valence-corrected chi connectivity index (χ0v) is 10.3. The van der Waals surface area contributed by atoms with Crippen molar-refractivity contribution >= 4 is 16.0 Å². The molecule has 1 aromatic heterocycles. The predicted octanol–water partition coefficient (Wildman–Crippen LogP) is 0.0461. The first-order valence-electron chi connectivity index (χ1n) is 5.19. The summed E-state index contributed by atoms with van der Waals surface area (Å²) in [6.07, 6.45) is 3.14. The van der Waals surface area contributed by atoms with Gasteiger partial charge in [-0.15, -0.1) is 0 Å². The van der Waals surface area contributed by atoms with Gasteiger partial charge < -0.3 is 5.11 Å². The number of nitrogens with zero attached hydrogens (tertiary/aromatic N) is 2. The van der Waals surface area contributed by atoms with Gasteiger partial charge in [-0.05, 0) is 6.42 Å². The lowest BCUT2D eigenvalue weighted by molar-refractivity contribution is -0.137. The van der Waals surface area contributed by atoms with Crippen LogP contribution in [0.2, 0.25) is 0 Å². The highest BCUT2D eigenvalue weighted by molar-refractivity contribution is 7.89. The van der Waals surface area contributed by atoms with Crippen LogP contribution >= 0.6 is 0 Å². The van der Waals surface area contributed by atoms with Crippen molar-refractivity contribution in [1.29, 1.82) is 0 Å². The molecule has 2 N–H and O–H groups in total. The second-order valence-corrected chi connectivity index (χ2v) is 5.25. The average Bonchev–Trinajstić information content (AvgIpc) is 2.73. The Bertz CT molecular complexity index is 480. The number of rotatable bonds is 7. The number of aromatic nitrogens is 2.